The minimum absolute atomic E-state index is 0.126. The van der Waals surface area contributed by atoms with Crippen molar-refractivity contribution in [1.82, 2.24) is 14.8 Å². The molecule has 1 aliphatic rings. The van der Waals surface area contributed by atoms with E-state index in [9.17, 15) is 4.79 Å². The number of carbonyl (C=O) groups excluding carboxylic acids is 1. The van der Waals surface area contributed by atoms with E-state index >= 15 is 0 Å². The molecule has 0 fully saturated rings. The maximum atomic E-state index is 13.2. The fourth-order valence-corrected chi connectivity index (χ4v) is 4.20. The van der Waals surface area contributed by atoms with E-state index in [0.717, 1.165) is 36.7 Å². The highest BCUT2D eigenvalue weighted by Gasteiger charge is 2.31. The van der Waals surface area contributed by atoms with Crippen LogP contribution in [0.1, 0.15) is 32.3 Å². The molecule has 1 amide bonds. The number of benzene rings is 1. The Bertz CT molecular complexity index is 749. The monoisotopic (exact) mass is 374 g/mol. The molecular formula is C19H26N4O2S. The van der Waals surface area contributed by atoms with E-state index in [4.69, 9.17) is 4.74 Å². The van der Waals surface area contributed by atoms with Crippen LogP contribution in [0.4, 0.5) is 5.69 Å². The van der Waals surface area contributed by atoms with Gasteiger partial charge in [-0.25, -0.2) is 0 Å². The molecule has 1 aliphatic heterocycles. The van der Waals surface area contributed by atoms with Gasteiger partial charge in [-0.15, -0.1) is 10.2 Å². The molecule has 7 heteroatoms. The minimum atomic E-state index is -0.228. The molecular weight excluding hydrogens is 348 g/mol. The van der Waals surface area contributed by atoms with Crippen molar-refractivity contribution in [2.75, 3.05) is 18.6 Å². The molecule has 0 bridgehead atoms. The fourth-order valence-electron chi connectivity index (χ4n) is 3.30. The molecule has 1 aromatic heterocycles. The van der Waals surface area contributed by atoms with E-state index in [1.54, 1.807) is 13.4 Å². The van der Waals surface area contributed by atoms with Crippen LogP contribution < -0.4 is 4.90 Å². The largest absolute Gasteiger partial charge is 0.385 e. The number of carbonyl (C=O) groups is 1. The molecule has 2 aromatic rings. The number of hydrogen-bond donors (Lipinski definition) is 0. The van der Waals surface area contributed by atoms with Crippen molar-refractivity contribution in [1.29, 1.82) is 0 Å². The van der Waals surface area contributed by atoms with E-state index in [1.807, 2.05) is 34.6 Å². The molecule has 0 saturated carbocycles. The van der Waals surface area contributed by atoms with E-state index < -0.39 is 0 Å². The summed E-state index contributed by atoms with van der Waals surface area (Å²) in [5.74, 6) is 0.126. The number of thioether (sulfide) groups is 1. The van der Waals surface area contributed by atoms with Gasteiger partial charge >= 0.3 is 0 Å². The van der Waals surface area contributed by atoms with E-state index in [1.165, 1.54) is 17.3 Å². The molecule has 0 aliphatic carbocycles. The van der Waals surface area contributed by atoms with Crippen molar-refractivity contribution < 1.29 is 9.53 Å². The zero-order valence-electron chi connectivity index (χ0n) is 15.6. The first-order chi connectivity index (χ1) is 12.6. The topological polar surface area (TPSA) is 60.2 Å². The first-order valence-electron chi connectivity index (χ1n) is 9.06. The molecule has 2 heterocycles. The van der Waals surface area contributed by atoms with Crippen LogP contribution in [-0.2, 0) is 22.5 Å². The van der Waals surface area contributed by atoms with Gasteiger partial charge in [-0.2, -0.15) is 0 Å². The summed E-state index contributed by atoms with van der Waals surface area (Å²) in [6, 6.07) is 8.42. The lowest BCUT2D eigenvalue weighted by atomic mass is 9.96. The van der Waals surface area contributed by atoms with Gasteiger partial charge in [0.2, 0.25) is 5.91 Å². The Labute approximate surface area is 158 Å². The second-order valence-corrected chi connectivity index (χ2v) is 7.95. The molecule has 1 aromatic carbocycles. The molecule has 0 N–H and O–H groups in total. The van der Waals surface area contributed by atoms with Gasteiger partial charge in [0, 0.05) is 32.0 Å². The number of aryl methyl sites for hydroxylation is 2. The summed E-state index contributed by atoms with van der Waals surface area (Å²) in [4.78, 5) is 15.2. The predicted octanol–water partition coefficient (Wildman–Crippen LogP) is 3.16. The van der Waals surface area contributed by atoms with E-state index in [0.29, 0.717) is 6.61 Å². The highest BCUT2D eigenvalue weighted by Crippen LogP contribution is 2.33. The molecule has 0 spiro atoms. The van der Waals surface area contributed by atoms with Gasteiger partial charge in [0.05, 0.1) is 5.25 Å². The zero-order valence-corrected chi connectivity index (χ0v) is 16.4. The first-order valence-corrected chi connectivity index (χ1v) is 9.94. The lowest BCUT2D eigenvalue weighted by Gasteiger charge is -2.36. The van der Waals surface area contributed by atoms with Gasteiger partial charge in [-0.05, 0) is 44.7 Å². The summed E-state index contributed by atoms with van der Waals surface area (Å²) < 4.78 is 7.09. The van der Waals surface area contributed by atoms with Crippen LogP contribution in [0.5, 0.6) is 0 Å². The van der Waals surface area contributed by atoms with Crippen molar-refractivity contribution in [3.05, 3.63) is 36.2 Å². The summed E-state index contributed by atoms with van der Waals surface area (Å²) in [5, 5.41) is 8.74. The van der Waals surface area contributed by atoms with Crippen LogP contribution in [0.3, 0.4) is 0 Å². The first kappa shape index (κ1) is 18.9. The number of ether oxygens (including phenoxy) is 1. The summed E-state index contributed by atoms with van der Waals surface area (Å²) in [7, 11) is 1.69. The average molecular weight is 375 g/mol. The number of anilines is 1. The van der Waals surface area contributed by atoms with Crippen molar-refractivity contribution in [2.45, 2.75) is 56.1 Å². The number of nitrogens with zero attached hydrogens (tertiary/aromatic N) is 4. The lowest BCUT2D eigenvalue weighted by Crippen LogP contribution is -2.45. The zero-order chi connectivity index (χ0) is 18.5. The maximum absolute atomic E-state index is 13.2. The fraction of sp³-hybridized carbons (Fsp3) is 0.526. The van der Waals surface area contributed by atoms with E-state index in [-0.39, 0.29) is 17.2 Å². The van der Waals surface area contributed by atoms with Crippen molar-refractivity contribution >= 4 is 23.4 Å². The van der Waals surface area contributed by atoms with Crippen molar-refractivity contribution in [2.24, 2.45) is 0 Å². The summed E-state index contributed by atoms with van der Waals surface area (Å²) >= 11 is 1.47. The normalized spacial score (nSPS) is 17.8. The van der Waals surface area contributed by atoms with Crippen LogP contribution in [-0.4, -0.2) is 45.7 Å². The maximum Gasteiger partial charge on any atom is 0.240 e. The van der Waals surface area contributed by atoms with Gasteiger partial charge in [-0.3, -0.25) is 4.79 Å². The lowest BCUT2D eigenvalue weighted by molar-refractivity contribution is -0.118. The standard InChI is InChI=1S/C19H26N4O2S/c1-14-9-10-16-7-4-5-8-17(16)23(14)18(24)15(2)26-19-21-20-13-22(19)11-6-12-25-3/h4-5,7-8,13-15H,6,9-12H2,1-3H3. The van der Waals surface area contributed by atoms with Gasteiger partial charge in [-0.1, -0.05) is 30.0 Å². The molecule has 6 nitrogen and oxygen atoms in total. The Kier molecular flexibility index (Phi) is 6.32. The van der Waals surface area contributed by atoms with Crippen LogP contribution >= 0.6 is 11.8 Å². The highest BCUT2D eigenvalue weighted by atomic mass is 32.2. The summed E-state index contributed by atoms with van der Waals surface area (Å²) in [6.07, 6.45) is 4.62. The Morgan fingerprint density at radius 2 is 2.23 bits per heavy atom. The third-order valence-corrected chi connectivity index (χ3v) is 5.80. The molecule has 0 saturated heterocycles. The average Bonchev–Trinajstić information content (AvgIpc) is 3.08. The summed E-state index contributed by atoms with van der Waals surface area (Å²) in [6.45, 7) is 5.55. The van der Waals surface area contributed by atoms with Crippen molar-refractivity contribution in [3.8, 4) is 0 Å². The Hall–Kier alpha value is -1.86. The molecule has 2 unspecified atom stereocenters. The second-order valence-electron chi connectivity index (χ2n) is 6.64. The number of aromatic nitrogens is 3. The Balaban J connectivity index is 1.72. The molecule has 3 rings (SSSR count). The number of para-hydroxylation sites is 1. The quantitative estimate of drug-likeness (QED) is 0.550. The number of hydrogen-bond acceptors (Lipinski definition) is 5. The third kappa shape index (κ3) is 4.10. The van der Waals surface area contributed by atoms with Crippen LogP contribution in [0.25, 0.3) is 0 Å². The molecule has 0 radical (unpaired) electrons. The van der Waals surface area contributed by atoms with Crippen LogP contribution in [0.2, 0.25) is 0 Å². The van der Waals surface area contributed by atoms with Crippen LogP contribution in [0, 0.1) is 0 Å². The molecule has 140 valence electrons. The number of rotatable bonds is 7. The van der Waals surface area contributed by atoms with Gasteiger partial charge in [0.15, 0.2) is 5.16 Å². The smallest absolute Gasteiger partial charge is 0.240 e. The summed E-state index contributed by atoms with van der Waals surface area (Å²) in [5.41, 5.74) is 2.30. The predicted molar refractivity (Wildman–Crippen MR) is 104 cm³/mol. The number of fused-ring (bicyclic) bond motifs is 1. The van der Waals surface area contributed by atoms with Crippen molar-refractivity contribution in [3.63, 3.8) is 0 Å². The Morgan fingerprint density at radius 3 is 3.04 bits per heavy atom. The minimum Gasteiger partial charge on any atom is -0.385 e. The van der Waals surface area contributed by atoms with E-state index in [2.05, 4.69) is 23.2 Å². The number of amides is 1. The number of methoxy groups -OCH3 is 1. The SMILES string of the molecule is COCCCn1cnnc1SC(C)C(=O)N1c2ccccc2CCC1C. The van der Waals surface area contributed by atoms with Crippen LogP contribution in [0.15, 0.2) is 35.7 Å². The molecule has 26 heavy (non-hydrogen) atoms. The Morgan fingerprint density at radius 1 is 1.42 bits per heavy atom. The third-order valence-electron chi connectivity index (χ3n) is 4.72. The highest BCUT2D eigenvalue weighted by molar-refractivity contribution is 8.00. The van der Waals surface area contributed by atoms with Gasteiger partial charge < -0.3 is 14.2 Å². The van der Waals surface area contributed by atoms with Gasteiger partial charge in [0.25, 0.3) is 0 Å². The molecule has 2 atom stereocenters. The van der Waals surface area contributed by atoms with Gasteiger partial charge in [0.1, 0.15) is 6.33 Å². The second kappa shape index (κ2) is 8.68.